The molecule has 0 aliphatic heterocycles. The molecule has 6 aromatic rings. The number of aromatic nitrogens is 1. The molecule has 1 heterocycles. The van der Waals surface area contributed by atoms with Gasteiger partial charge in [0.1, 0.15) is 0 Å². The number of nitrogens with zero attached hydrogens (tertiary/aromatic N) is 1. The summed E-state index contributed by atoms with van der Waals surface area (Å²) >= 11 is 0. The molecule has 0 spiro atoms. The van der Waals surface area contributed by atoms with E-state index in [4.69, 9.17) is 0 Å². The van der Waals surface area contributed by atoms with Gasteiger partial charge in [-0.05, 0) is 101 Å². The fourth-order valence-corrected chi connectivity index (χ4v) is 6.56. The molecule has 0 N–H and O–H groups in total. The molecule has 1 heteroatoms. The van der Waals surface area contributed by atoms with Crippen LogP contribution in [0.3, 0.4) is 0 Å². The van der Waals surface area contributed by atoms with Gasteiger partial charge < -0.3 is 4.57 Å². The first kappa shape index (κ1) is 28.2. The summed E-state index contributed by atoms with van der Waals surface area (Å²) < 4.78 is 2.39. The third kappa shape index (κ3) is 5.06. The minimum atomic E-state index is 0.368. The van der Waals surface area contributed by atoms with E-state index >= 15 is 0 Å². The van der Waals surface area contributed by atoms with Crippen molar-refractivity contribution >= 4 is 33.0 Å². The van der Waals surface area contributed by atoms with Crippen molar-refractivity contribution in [3.05, 3.63) is 162 Å². The largest absolute Gasteiger partial charge is 0.309 e. The Bertz CT molecular complexity index is 2010. The molecule has 0 amide bonds. The summed E-state index contributed by atoms with van der Waals surface area (Å²) in [5.74, 6) is 0.368. The van der Waals surface area contributed by atoms with Crippen LogP contribution in [0.2, 0.25) is 0 Å². The molecule has 0 saturated heterocycles. The summed E-state index contributed by atoms with van der Waals surface area (Å²) in [6.07, 6.45) is 4.09. The zero-order valence-corrected chi connectivity index (χ0v) is 25.9. The van der Waals surface area contributed by atoms with Crippen molar-refractivity contribution in [3.8, 4) is 16.8 Å². The molecule has 6 rings (SSSR count). The number of rotatable bonds is 7. The highest BCUT2D eigenvalue weighted by atomic mass is 15.0. The molecule has 0 radical (unpaired) electrons. The smallest absolute Gasteiger partial charge is 0.0547 e. The van der Waals surface area contributed by atoms with E-state index in [2.05, 4.69) is 167 Å². The summed E-state index contributed by atoms with van der Waals surface area (Å²) in [6.45, 7) is 15.4. The van der Waals surface area contributed by atoms with Gasteiger partial charge in [-0.25, -0.2) is 0 Å². The first-order chi connectivity index (χ1) is 20.9. The van der Waals surface area contributed by atoms with Crippen molar-refractivity contribution in [2.24, 2.45) is 5.92 Å². The molecule has 1 nitrogen and oxygen atoms in total. The minimum Gasteiger partial charge on any atom is -0.309 e. The summed E-state index contributed by atoms with van der Waals surface area (Å²) in [4.78, 5) is 0. The second-order valence-corrected chi connectivity index (χ2v) is 11.7. The third-order valence-electron chi connectivity index (χ3n) is 8.84. The maximum atomic E-state index is 4.03. The number of para-hydroxylation sites is 2. The number of allylic oxidation sites excluding steroid dienone is 5. The van der Waals surface area contributed by atoms with Crippen LogP contribution in [0.15, 0.2) is 140 Å². The fraction of sp³-hybridized carbons (Fsp3) is 0.143. The summed E-state index contributed by atoms with van der Waals surface area (Å²) in [5.41, 5.74) is 15.2. The van der Waals surface area contributed by atoms with Gasteiger partial charge in [0.05, 0.1) is 11.0 Å². The van der Waals surface area contributed by atoms with Gasteiger partial charge in [0.2, 0.25) is 0 Å². The first-order valence-electron chi connectivity index (χ1n) is 15.2. The van der Waals surface area contributed by atoms with Crippen LogP contribution in [0.4, 0.5) is 0 Å². The van der Waals surface area contributed by atoms with E-state index < -0.39 is 0 Å². The molecular formula is C42H39N. The van der Waals surface area contributed by atoms with Crippen molar-refractivity contribution in [2.45, 2.75) is 34.6 Å². The maximum Gasteiger partial charge on any atom is 0.0547 e. The van der Waals surface area contributed by atoms with Gasteiger partial charge in [-0.3, -0.25) is 0 Å². The molecule has 212 valence electrons. The topological polar surface area (TPSA) is 4.93 Å². The Hall–Kier alpha value is -4.88. The van der Waals surface area contributed by atoms with Gasteiger partial charge in [-0.1, -0.05) is 124 Å². The fourth-order valence-electron chi connectivity index (χ4n) is 6.56. The summed E-state index contributed by atoms with van der Waals surface area (Å²) in [5, 5.41) is 2.55. The Balaban J connectivity index is 1.54. The average molecular weight is 558 g/mol. The molecule has 43 heavy (non-hydrogen) atoms. The predicted octanol–water partition coefficient (Wildman–Crippen LogP) is 11.8. The van der Waals surface area contributed by atoms with Gasteiger partial charge >= 0.3 is 0 Å². The van der Waals surface area contributed by atoms with E-state index in [1.165, 1.54) is 77.6 Å². The van der Waals surface area contributed by atoms with E-state index in [1.54, 1.807) is 0 Å². The lowest BCUT2D eigenvalue weighted by atomic mass is 9.82. The molecule has 0 aliphatic rings. The highest BCUT2D eigenvalue weighted by molar-refractivity contribution is 6.10. The molecule has 0 aliphatic carbocycles. The molecule has 0 fully saturated rings. The van der Waals surface area contributed by atoms with Crippen molar-refractivity contribution in [2.75, 3.05) is 0 Å². The van der Waals surface area contributed by atoms with Crippen LogP contribution in [-0.4, -0.2) is 4.57 Å². The third-order valence-corrected chi connectivity index (χ3v) is 8.84. The van der Waals surface area contributed by atoms with E-state index in [-0.39, 0.29) is 0 Å². The predicted molar refractivity (Wildman–Crippen MR) is 188 cm³/mol. The maximum absolute atomic E-state index is 4.03. The standard InChI is InChI=1S/C42H39N/c1-7-16-35(28(2)3)42(32-17-10-8-11-18-32)31(6)36-25-26-37(30(5)29(36)4)33-23-24-39-38-21-14-15-22-40(38)43(41(39)27-33)34-19-12-9-13-20-34/h7-28H,1H2,2-6H3/b35-16+,42-31+. The van der Waals surface area contributed by atoms with Gasteiger partial charge in [-0.2, -0.15) is 0 Å². The quantitative estimate of drug-likeness (QED) is 0.136. The van der Waals surface area contributed by atoms with Crippen molar-refractivity contribution in [1.82, 2.24) is 4.57 Å². The molecule has 0 atom stereocenters. The lowest BCUT2D eigenvalue weighted by molar-refractivity contribution is 0.797. The molecule has 0 saturated carbocycles. The van der Waals surface area contributed by atoms with Crippen LogP contribution < -0.4 is 0 Å². The highest BCUT2D eigenvalue weighted by Crippen LogP contribution is 2.40. The van der Waals surface area contributed by atoms with Crippen LogP contribution in [0.1, 0.15) is 43.0 Å². The lowest BCUT2D eigenvalue weighted by Crippen LogP contribution is -2.02. The zero-order chi connectivity index (χ0) is 30.1. The van der Waals surface area contributed by atoms with E-state index in [1.807, 2.05) is 6.08 Å². The first-order valence-corrected chi connectivity index (χ1v) is 15.2. The van der Waals surface area contributed by atoms with Crippen LogP contribution in [0, 0.1) is 19.8 Å². The number of fused-ring (bicyclic) bond motifs is 3. The Morgan fingerprint density at radius 1 is 0.698 bits per heavy atom. The monoisotopic (exact) mass is 557 g/mol. The Labute approximate surface area is 256 Å². The van der Waals surface area contributed by atoms with Crippen LogP contribution in [0.25, 0.3) is 49.8 Å². The zero-order valence-electron chi connectivity index (χ0n) is 25.9. The highest BCUT2D eigenvalue weighted by Gasteiger charge is 2.19. The molecule has 5 aromatic carbocycles. The van der Waals surface area contributed by atoms with Gasteiger partial charge in [0.25, 0.3) is 0 Å². The Morgan fingerprint density at radius 3 is 2.05 bits per heavy atom. The number of benzene rings is 5. The van der Waals surface area contributed by atoms with Crippen LogP contribution >= 0.6 is 0 Å². The lowest BCUT2D eigenvalue weighted by Gasteiger charge is -2.22. The molecule has 1 aromatic heterocycles. The van der Waals surface area contributed by atoms with Crippen molar-refractivity contribution in [1.29, 1.82) is 0 Å². The number of hydrogen-bond acceptors (Lipinski definition) is 0. The Morgan fingerprint density at radius 2 is 1.35 bits per heavy atom. The number of hydrogen-bond donors (Lipinski definition) is 0. The normalized spacial score (nSPS) is 12.7. The summed E-state index contributed by atoms with van der Waals surface area (Å²) in [7, 11) is 0. The van der Waals surface area contributed by atoms with Crippen molar-refractivity contribution in [3.63, 3.8) is 0 Å². The SMILES string of the molecule is C=C/C=C(/C(=C(\C)c1ccc(-c2ccc3c4ccccc4n(-c4ccccc4)c3c2)c(C)c1C)c1ccccc1)C(C)C. The minimum absolute atomic E-state index is 0.368. The average Bonchev–Trinajstić information content (AvgIpc) is 3.36. The second kappa shape index (κ2) is 11.8. The van der Waals surface area contributed by atoms with E-state index in [0.717, 1.165) is 0 Å². The molecule has 0 unspecified atom stereocenters. The summed E-state index contributed by atoms with van der Waals surface area (Å²) in [6, 6.07) is 41.7. The van der Waals surface area contributed by atoms with Gasteiger partial charge in [-0.15, -0.1) is 0 Å². The van der Waals surface area contributed by atoms with Gasteiger partial charge in [0, 0.05) is 16.5 Å². The molecule has 0 bridgehead atoms. The van der Waals surface area contributed by atoms with Crippen LogP contribution in [0.5, 0.6) is 0 Å². The van der Waals surface area contributed by atoms with Gasteiger partial charge in [0.15, 0.2) is 0 Å². The Kier molecular flexibility index (Phi) is 7.74. The molecular weight excluding hydrogens is 518 g/mol. The second-order valence-electron chi connectivity index (χ2n) is 11.7. The van der Waals surface area contributed by atoms with Crippen molar-refractivity contribution < 1.29 is 0 Å². The van der Waals surface area contributed by atoms with Crippen LogP contribution in [-0.2, 0) is 0 Å². The van der Waals surface area contributed by atoms with E-state index in [9.17, 15) is 0 Å². The van der Waals surface area contributed by atoms with E-state index in [0.29, 0.717) is 5.92 Å².